The Kier molecular flexibility index (Phi) is 11.7. The second kappa shape index (κ2) is 17.3. The number of halogens is 3. The van der Waals surface area contributed by atoms with Crippen LogP contribution < -0.4 is 21.3 Å². The Hall–Kier alpha value is -5.43. The first kappa shape index (κ1) is 42.9. The first-order chi connectivity index (χ1) is 30.4. The Labute approximate surface area is 374 Å². The van der Waals surface area contributed by atoms with Crippen LogP contribution in [0.15, 0.2) is 78.9 Å². The summed E-state index contributed by atoms with van der Waals surface area (Å²) in [7, 11) is 0. The van der Waals surface area contributed by atoms with E-state index < -0.39 is 46.6 Å². The van der Waals surface area contributed by atoms with Crippen molar-refractivity contribution < 1.29 is 33.2 Å². The van der Waals surface area contributed by atoms with Gasteiger partial charge in [0.1, 0.15) is 17.3 Å². The topological polar surface area (TPSA) is 154 Å². The zero-order valence-corrected chi connectivity index (χ0v) is 36.2. The number of aryl methyl sites for hydroxylation is 1. The number of unbranched alkanes of at least 4 members (excludes halogenated alkanes) is 3. The van der Waals surface area contributed by atoms with Crippen LogP contribution in [0.5, 0.6) is 0 Å². The lowest BCUT2D eigenvalue weighted by molar-refractivity contribution is -0.137. The number of hydrogen-bond acceptors (Lipinski definition) is 7. The van der Waals surface area contributed by atoms with Gasteiger partial charge in [-0.1, -0.05) is 85.6 Å². The number of piperidine rings is 1. The average Bonchev–Trinajstić information content (AvgIpc) is 3.87. The molecule has 1 aliphatic carbocycles. The molecule has 2 spiro atoms. The Morgan fingerprint density at radius 1 is 0.857 bits per heavy atom. The minimum atomic E-state index is -1.35. The zero-order valence-electron chi connectivity index (χ0n) is 34.7. The number of Topliss-reactive ketones (excluding diaryl/α,β-unsaturated/α-hetero) is 1. The van der Waals surface area contributed by atoms with Crippen molar-refractivity contribution in [1.29, 1.82) is 0 Å². The third kappa shape index (κ3) is 7.53. The molecule has 4 aromatic rings. The molecular weight excluding hydrogens is 844 g/mol. The standard InChI is InChI=1S/C49H48Cl2FN5O6/c50-30-18-21-35-37(26-30)54-47(63)49(35)41(33-13-9-14-36(51)42(33)52)43(56-48(49)24-6-3-7-25-48)45(61)53-31-19-16-29(17-20-31)39(58)15-5-2-1-4-10-28-11-8-12-32-34(28)27-57(46(32)62)38-22-23-40(59)55-44(38)60/h8-9,11-14,16-21,26,38,41,43,56H,1-7,10,15,22-25,27H2,(H,53,61)(H,54,63)(H,55,59,60)/t38?,41-,43+,49+/m0/s1. The fourth-order valence-corrected chi connectivity index (χ4v) is 11.5. The van der Waals surface area contributed by atoms with Crippen molar-refractivity contribution in [3.05, 3.63) is 128 Å². The van der Waals surface area contributed by atoms with E-state index in [0.29, 0.717) is 71.7 Å². The highest BCUT2D eigenvalue weighted by Gasteiger charge is 2.72. The number of imide groups is 1. The van der Waals surface area contributed by atoms with E-state index in [9.17, 15) is 28.8 Å². The van der Waals surface area contributed by atoms with Crippen molar-refractivity contribution in [2.75, 3.05) is 10.6 Å². The Bertz CT molecular complexity index is 2540. The number of carbonyl (C=O) groups excluding carboxylic acids is 6. The molecule has 0 radical (unpaired) electrons. The summed E-state index contributed by atoms with van der Waals surface area (Å²) in [4.78, 5) is 81.3. The highest BCUT2D eigenvalue weighted by molar-refractivity contribution is 6.31. The molecule has 4 N–H and O–H groups in total. The fraction of sp³-hybridized carbons (Fsp3) is 0.388. The Morgan fingerprint density at radius 2 is 1.62 bits per heavy atom. The van der Waals surface area contributed by atoms with Gasteiger partial charge < -0.3 is 15.5 Å². The summed E-state index contributed by atoms with van der Waals surface area (Å²) in [5.74, 6) is -3.32. The maximum Gasteiger partial charge on any atom is 0.255 e. The SMILES string of the molecule is O=C1CCC(N2Cc3c(CCCCCCC(=O)c4ccc(NC(=O)[C@@H]5NC6(CCCCC6)[C@@]6(C(=O)Nc7cc(Cl)ccc76)[C@H]5c5cccc(Cl)c5F)cc4)cccc3C2=O)C(=O)N1. The van der Waals surface area contributed by atoms with Crippen molar-refractivity contribution in [2.45, 2.75) is 119 Å². The highest BCUT2D eigenvalue weighted by atomic mass is 35.5. The van der Waals surface area contributed by atoms with Crippen LogP contribution in [-0.4, -0.2) is 57.8 Å². The molecule has 4 aliphatic heterocycles. The van der Waals surface area contributed by atoms with Gasteiger partial charge in [0.05, 0.1) is 11.1 Å². The van der Waals surface area contributed by atoms with E-state index in [1.54, 1.807) is 59.5 Å². The molecule has 326 valence electrons. The number of rotatable bonds is 12. The van der Waals surface area contributed by atoms with Crippen LogP contribution in [0, 0.1) is 5.82 Å². The molecule has 2 saturated heterocycles. The van der Waals surface area contributed by atoms with Crippen molar-refractivity contribution in [2.24, 2.45) is 0 Å². The predicted molar refractivity (Wildman–Crippen MR) is 237 cm³/mol. The van der Waals surface area contributed by atoms with Gasteiger partial charge in [0.15, 0.2) is 5.78 Å². The summed E-state index contributed by atoms with van der Waals surface area (Å²) >= 11 is 12.8. The Morgan fingerprint density at radius 3 is 2.40 bits per heavy atom. The molecule has 4 heterocycles. The number of hydrogen-bond donors (Lipinski definition) is 4. The van der Waals surface area contributed by atoms with Gasteiger partial charge in [-0.3, -0.25) is 39.4 Å². The third-order valence-corrected chi connectivity index (χ3v) is 14.6. The maximum atomic E-state index is 16.3. The molecule has 0 aromatic heterocycles. The van der Waals surface area contributed by atoms with Crippen molar-refractivity contribution in [3.63, 3.8) is 0 Å². The second-order valence-electron chi connectivity index (χ2n) is 17.6. The molecule has 4 atom stereocenters. The van der Waals surface area contributed by atoms with E-state index in [4.69, 9.17) is 23.2 Å². The predicted octanol–water partition coefficient (Wildman–Crippen LogP) is 8.56. The van der Waals surface area contributed by atoms with E-state index in [1.807, 2.05) is 18.2 Å². The number of benzene rings is 4. The number of amides is 5. The lowest BCUT2D eigenvalue weighted by atomic mass is 9.55. The smallest absolute Gasteiger partial charge is 0.255 e. The summed E-state index contributed by atoms with van der Waals surface area (Å²) < 4.78 is 16.3. The van der Waals surface area contributed by atoms with Gasteiger partial charge in [0.25, 0.3) is 5.91 Å². The molecule has 1 saturated carbocycles. The van der Waals surface area contributed by atoms with Crippen molar-refractivity contribution in [3.8, 4) is 0 Å². The molecule has 4 aromatic carbocycles. The molecule has 0 bridgehead atoms. The average molecular weight is 893 g/mol. The molecule has 5 aliphatic rings. The van der Waals surface area contributed by atoms with Crippen LogP contribution in [0.2, 0.25) is 10.0 Å². The Balaban J connectivity index is 0.836. The number of fused-ring (bicyclic) bond motifs is 4. The maximum absolute atomic E-state index is 16.3. The molecule has 1 unspecified atom stereocenters. The van der Waals surface area contributed by atoms with Crippen molar-refractivity contribution in [1.82, 2.24) is 15.5 Å². The van der Waals surface area contributed by atoms with Crippen LogP contribution in [0.25, 0.3) is 0 Å². The number of nitrogens with one attached hydrogen (secondary N) is 4. The molecule has 14 heteroatoms. The van der Waals surface area contributed by atoms with E-state index in [2.05, 4.69) is 21.3 Å². The van der Waals surface area contributed by atoms with Gasteiger partial charge in [-0.25, -0.2) is 4.39 Å². The summed E-state index contributed by atoms with van der Waals surface area (Å²) in [6.07, 6.45) is 8.81. The summed E-state index contributed by atoms with van der Waals surface area (Å²) in [6, 6.07) is 20.7. The van der Waals surface area contributed by atoms with Gasteiger partial charge in [-0.05, 0) is 109 Å². The van der Waals surface area contributed by atoms with E-state index in [1.165, 1.54) is 6.07 Å². The molecular formula is C49H48Cl2FN5O6. The van der Waals surface area contributed by atoms with Crippen LogP contribution >= 0.6 is 23.2 Å². The van der Waals surface area contributed by atoms with Crippen molar-refractivity contribution >= 4 is 69.9 Å². The minimum Gasteiger partial charge on any atom is -0.325 e. The third-order valence-electron chi connectivity index (χ3n) is 14.1. The van der Waals surface area contributed by atoms with Gasteiger partial charge in [-0.15, -0.1) is 0 Å². The first-order valence-corrected chi connectivity index (χ1v) is 22.7. The monoisotopic (exact) mass is 891 g/mol. The number of ketones is 1. The van der Waals surface area contributed by atoms with Crippen LogP contribution in [0.3, 0.4) is 0 Å². The number of carbonyl (C=O) groups is 6. The van der Waals surface area contributed by atoms with Gasteiger partial charge >= 0.3 is 0 Å². The molecule has 9 rings (SSSR count). The minimum absolute atomic E-state index is 0.0121. The molecule has 63 heavy (non-hydrogen) atoms. The molecule has 11 nitrogen and oxygen atoms in total. The summed E-state index contributed by atoms with van der Waals surface area (Å²) in [6.45, 7) is 0.347. The molecule has 3 fully saturated rings. The molecule has 5 amide bonds. The van der Waals surface area contributed by atoms with Gasteiger partial charge in [0, 0.05) is 58.4 Å². The normalized spacial score (nSPS) is 23.5. The lowest BCUT2D eigenvalue weighted by Crippen LogP contribution is -2.60. The van der Waals surface area contributed by atoms with Gasteiger partial charge in [0.2, 0.25) is 23.6 Å². The highest BCUT2D eigenvalue weighted by Crippen LogP contribution is 2.63. The van der Waals surface area contributed by atoms with Crippen LogP contribution in [0.1, 0.15) is 126 Å². The van der Waals surface area contributed by atoms with E-state index in [0.717, 1.165) is 56.1 Å². The zero-order chi connectivity index (χ0) is 44.0. The van der Waals surface area contributed by atoms with Gasteiger partial charge in [-0.2, -0.15) is 0 Å². The summed E-state index contributed by atoms with van der Waals surface area (Å²) in [5.41, 5.74) is 2.78. The quantitative estimate of drug-likeness (QED) is 0.0632. The van der Waals surface area contributed by atoms with E-state index in [-0.39, 0.29) is 40.5 Å². The first-order valence-electron chi connectivity index (χ1n) is 21.9. The van der Waals surface area contributed by atoms with E-state index >= 15 is 4.39 Å². The fourth-order valence-electron chi connectivity index (χ4n) is 11.2. The number of anilines is 2. The lowest BCUT2D eigenvalue weighted by Gasteiger charge is -2.47. The summed E-state index contributed by atoms with van der Waals surface area (Å²) in [5, 5.41) is 12.4. The van der Waals surface area contributed by atoms with Crippen LogP contribution in [0.4, 0.5) is 15.8 Å². The second-order valence-corrected chi connectivity index (χ2v) is 18.4. The largest absolute Gasteiger partial charge is 0.325 e. The van der Waals surface area contributed by atoms with Crippen LogP contribution in [-0.2, 0) is 37.6 Å². The number of nitrogens with zero attached hydrogens (tertiary/aromatic N) is 1.